The van der Waals surface area contributed by atoms with Crippen molar-refractivity contribution in [1.82, 2.24) is 9.97 Å². The lowest BCUT2D eigenvalue weighted by Gasteiger charge is -2.19. The largest absolute Gasteiger partial charge is 0.366 e. The van der Waals surface area contributed by atoms with Crippen LogP contribution in [0.1, 0.15) is 47.8 Å². The van der Waals surface area contributed by atoms with Crippen molar-refractivity contribution < 1.29 is 8.42 Å². The maximum Gasteiger partial charge on any atom is 0.200 e. The first kappa shape index (κ1) is 20.3. The van der Waals surface area contributed by atoms with E-state index in [0.29, 0.717) is 16.9 Å². The number of rotatable bonds is 5. The summed E-state index contributed by atoms with van der Waals surface area (Å²) in [6.45, 7) is 3.78. The van der Waals surface area contributed by atoms with Crippen LogP contribution in [0.3, 0.4) is 0 Å². The lowest BCUT2D eigenvalue weighted by molar-refractivity contribution is 0.590. The van der Waals surface area contributed by atoms with Crippen molar-refractivity contribution in [3.63, 3.8) is 0 Å². The van der Waals surface area contributed by atoms with E-state index in [-0.39, 0.29) is 16.6 Å². The van der Waals surface area contributed by atoms with Gasteiger partial charge in [-0.1, -0.05) is 31.0 Å². The van der Waals surface area contributed by atoms with Gasteiger partial charge in [-0.25, -0.2) is 18.4 Å². The molecular weight excluding hydrogens is 396 g/mol. The van der Waals surface area contributed by atoms with Crippen molar-refractivity contribution in [2.24, 2.45) is 0 Å². The molecule has 154 valence electrons. The van der Waals surface area contributed by atoms with Crippen molar-refractivity contribution in [2.45, 2.75) is 55.7 Å². The molecule has 0 saturated heterocycles. The topological polar surface area (TPSA) is 95.7 Å². The molecule has 0 aliphatic heterocycles. The van der Waals surface area contributed by atoms with Crippen LogP contribution in [0.15, 0.2) is 47.4 Å². The number of benzene rings is 2. The van der Waals surface area contributed by atoms with Gasteiger partial charge >= 0.3 is 0 Å². The van der Waals surface area contributed by atoms with Crippen LogP contribution in [0, 0.1) is 25.2 Å². The SMILES string of the molecule is Cc1ccc(S(=O)(=O)C(C#N)c2nc3ccccc3nc2NC2CCCC2)cc1C. The summed E-state index contributed by atoms with van der Waals surface area (Å²) < 4.78 is 26.9. The third-order valence-electron chi connectivity index (χ3n) is 5.78. The van der Waals surface area contributed by atoms with E-state index in [2.05, 4.69) is 15.3 Å². The number of aryl methyl sites for hydroxylation is 2. The first-order chi connectivity index (χ1) is 14.4. The number of nitrogens with one attached hydrogen (secondary N) is 1. The molecular formula is C23H24N4O2S. The Morgan fingerprint density at radius 3 is 2.33 bits per heavy atom. The molecule has 7 heteroatoms. The van der Waals surface area contributed by atoms with E-state index >= 15 is 0 Å². The van der Waals surface area contributed by atoms with Gasteiger partial charge in [-0.3, -0.25) is 0 Å². The quantitative estimate of drug-likeness (QED) is 0.646. The molecule has 0 bridgehead atoms. The van der Waals surface area contributed by atoms with Crippen LogP contribution in [0.5, 0.6) is 0 Å². The van der Waals surface area contributed by atoms with Crippen LogP contribution in [0.4, 0.5) is 5.82 Å². The van der Waals surface area contributed by atoms with E-state index in [4.69, 9.17) is 0 Å². The number of nitrogens with zero attached hydrogens (tertiary/aromatic N) is 3. The summed E-state index contributed by atoms with van der Waals surface area (Å²) in [5.41, 5.74) is 3.27. The number of sulfone groups is 1. The number of para-hydroxylation sites is 2. The lowest BCUT2D eigenvalue weighted by Crippen LogP contribution is -2.21. The van der Waals surface area contributed by atoms with Gasteiger partial charge in [0.15, 0.2) is 11.1 Å². The van der Waals surface area contributed by atoms with Crippen LogP contribution in [0.25, 0.3) is 11.0 Å². The second-order valence-corrected chi connectivity index (χ2v) is 9.90. The summed E-state index contributed by atoms with van der Waals surface area (Å²) >= 11 is 0. The summed E-state index contributed by atoms with van der Waals surface area (Å²) in [7, 11) is -3.97. The minimum absolute atomic E-state index is 0.124. The Hall–Kier alpha value is -2.98. The van der Waals surface area contributed by atoms with Crippen LogP contribution in [-0.2, 0) is 9.84 Å². The molecule has 1 fully saturated rings. The molecule has 1 saturated carbocycles. The number of nitriles is 1. The summed E-state index contributed by atoms with van der Waals surface area (Å²) in [5, 5.41) is 11.9. The highest BCUT2D eigenvalue weighted by Gasteiger charge is 2.34. The average Bonchev–Trinajstić information content (AvgIpc) is 3.23. The maximum atomic E-state index is 13.4. The molecule has 3 aromatic rings. The predicted octanol–water partition coefficient (Wildman–Crippen LogP) is 4.64. The molecule has 4 rings (SSSR count). The number of hydrogen-bond donors (Lipinski definition) is 1. The van der Waals surface area contributed by atoms with Gasteiger partial charge in [-0.05, 0) is 62.1 Å². The van der Waals surface area contributed by atoms with Crippen molar-refractivity contribution in [3.05, 3.63) is 59.3 Å². The molecule has 0 amide bonds. The fourth-order valence-corrected chi connectivity index (χ4v) is 5.34. The molecule has 1 heterocycles. The number of aromatic nitrogens is 2. The zero-order valence-corrected chi connectivity index (χ0v) is 17.9. The maximum absolute atomic E-state index is 13.4. The van der Waals surface area contributed by atoms with Gasteiger partial charge in [0, 0.05) is 6.04 Å². The standard InChI is InChI=1S/C23H24N4O2S/c1-15-11-12-18(13-16(15)2)30(28,29)21(14-24)22-23(25-17-7-3-4-8-17)27-20-10-6-5-9-19(20)26-22/h5-6,9-13,17,21H,3-4,7-8H2,1-2H3,(H,25,27). The van der Waals surface area contributed by atoms with Gasteiger partial charge < -0.3 is 5.32 Å². The van der Waals surface area contributed by atoms with E-state index in [1.807, 2.05) is 38.1 Å². The lowest BCUT2D eigenvalue weighted by atomic mass is 10.1. The Morgan fingerprint density at radius 1 is 1.03 bits per heavy atom. The second kappa shape index (κ2) is 8.04. The van der Waals surface area contributed by atoms with Gasteiger partial charge in [0.25, 0.3) is 0 Å². The summed E-state index contributed by atoms with van der Waals surface area (Å²) in [6, 6.07) is 14.4. The van der Waals surface area contributed by atoms with E-state index in [1.165, 1.54) is 0 Å². The van der Waals surface area contributed by atoms with Crippen molar-refractivity contribution >= 4 is 26.7 Å². The Kier molecular flexibility index (Phi) is 5.44. The zero-order valence-electron chi connectivity index (χ0n) is 17.1. The van der Waals surface area contributed by atoms with Gasteiger partial charge in [-0.15, -0.1) is 0 Å². The van der Waals surface area contributed by atoms with Gasteiger partial charge in [0.1, 0.15) is 5.69 Å². The van der Waals surface area contributed by atoms with E-state index in [1.54, 1.807) is 24.3 Å². The molecule has 6 nitrogen and oxygen atoms in total. The third kappa shape index (κ3) is 3.75. The van der Waals surface area contributed by atoms with Crippen LogP contribution in [-0.4, -0.2) is 24.4 Å². The second-order valence-electron chi connectivity index (χ2n) is 7.87. The van der Waals surface area contributed by atoms with Crippen LogP contribution < -0.4 is 5.32 Å². The minimum atomic E-state index is -3.97. The molecule has 1 aliphatic rings. The van der Waals surface area contributed by atoms with Gasteiger partial charge in [0.2, 0.25) is 9.84 Å². The molecule has 1 aromatic heterocycles. The number of hydrogen-bond acceptors (Lipinski definition) is 6. The fraction of sp³-hybridized carbons (Fsp3) is 0.348. The summed E-state index contributed by atoms with van der Waals surface area (Å²) in [4.78, 5) is 9.37. The van der Waals surface area contributed by atoms with Crippen LogP contribution in [0.2, 0.25) is 0 Å². The molecule has 1 unspecified atom stereocenters. The molecule has 1 atom stereocenters. The highest BCUT2D eigenvalue weighted by molar-refractivity contribution is 7.92. The first-order valence-corrected chi connectivity index (χ1v) is 11.7. The van der Waals surface area contributed by atoms with Gasteiger partial charge in [0.05, 0.1) is 22.0 Å². The highest BCUT2D eigenvalue weighted by Crippen LogP contribution is 2.34. The van der Waals surface area contributed by atoms with Crippen molar-refractivity contribution in [1.29, 1.82) is 5.26 Å². The summed E-state index contributed by atoms with van der Waals surface area (Å²) in [6.07, 6.45) is 4.23. The molecule has 2 aromatic carbocycles. The molecule has 1 aliphatic carbocycles. The molecule has 0 radical (unpaired) electrons. The minimum Gasteiger partial charge on any atom is -0.366 e. The van der Waals surface area contributed by atoms with E-state index < -0.39 is 15.1 Å². The highest BCUT2D eigenvalue weighted by atomic mass is 32.2. The Bertz CT molecular complexity index is 1240. The Labute approximate surface area is 176 Å². The normalized spacial score (nSPS) is 15.8. The molecule has 1 N–H and O–H groups in total. The van der Waals surface area contributed by atoms with Crippen molar-refractivity contribution in [2.75, 3.05) is 5.32 Å². The van der Waals surface area contributed by atoms with E-state index in [0.717, 1.165) is 36.8 Å². The Balaban J connectivity index is 1.85. The van der Waals surface area contributed by atoms with E-state index in [9.17, 15) is 13.7 Å². The third-order valence-corrected chi connectivity index (χ3v) is 7.64. The number of anilines is 1. The Morgan fingerprint density at radius 2 is 1.70 bits per heavy atom. The van der Waals surface area contributed by atoms with Crippen LogP contribution >= 0.6 is 0 Å². The molecule has 30 heavy (non-hydrogen) atoms. The number of fused-ring (bicyclic) bond motifs is 1. The predicted molar refractivity (Wildman–Crippen MR) is 117 cm³/mol. The first-order valence-electron chi connectivity index (χ1n) is 10.1. The fourth-order valence-electron chi connectivity index (χ4n) is 3.87. The monoisotopic (exact) mass is 420 g/mol. The summed E-state index contributed by atoms with van der Waals surface area (Å²) in [5.74, 6) is 0.388. The van der Waals surface area contributed by atoms with Crippen molar-refractivity contribution in [3.8, 4) is 6.07 Å². The smallest absolute Gasteiger partial charge is 0.200 e. The molecule has 0 spiro atoms. The average molecular weight is 421 g/mol. The zero-order chi connectivity index (χ0) is 21.3. The van der Waals surface area contributed by atoms with Gasteiger partial charge in [-0.2, -0.15) is 5.26 Å².